The van der Waals surface area contributed by atoms with Crippen LogP contribution < -0.4 is 10.6 Å². The van der Waals surface area contributed by atoms with Gasteiger partial charge in [-0.25, -0.2) is 4.98 Å². The molecule has 4 heteroatoms. The molecule has 4 atom stereocenters. The monoisotopic (exact) mass is 209 g/mol. The number of nitrogens with zero attached hydrogens (tertiary/aromatic N) is 1. The van der Waals surface area contributed by atoms with Crippen molar-refractivity contribution in [3.63, 3.8) is 0 Å². The second kappa shape index (κ2) is 3.21. The summed E-state index contributed by atoms with van der Waals surface area (Å²) in [7, 11) is 0. The predicted octanol–water partition coefficient (Wildman–Crippen LogP) is 1.55. The van der Waals surface area contributed by atoms with E-state index in [1.165, 1.54) is 13.0 Å². The first-order valence-electron chi connectivity index (χ1n) is 5.24. The molecule has 3 heterocycles. The second-order valence-electron chi connectivity index (χ2n) is 4.36. The van der Waals surface area contributed by atoms with Crippen LogP contribution in [0.25, 0.3) is 0 Å². The highest BCUT2D eigenvalue weighted by molar-refractivity contribution is 7.13. The summed E-state index contributed by atoms with van der Waals surface area (Å²) >= 11 is 1.68. The third-order valence-electron chi connectivity index (χ3n) is 3.57. The summed E-state index contributed by atoms with van der Waals surface area (Å²) in [4.78, 5) is 4.25. The van der Waals surface area contributed by atoms with Crippen LogP contribution in [0.4, 0.5) is 5.13 Å². The van der Waals surface area contributed by atoms with E-state index >= 15 is 0 Å². The van der Waals surface area contributed by atoms with Crippen LogP contribution in [0.1, 0.15) is 13.3 Å². The number of fused-ring (bicyclic) bond motifs is 1. The first-order chi connectivity index (χ1) is 6.84. The normalized spacial score (nSPS) is 36.5. The number of thiazole rings is 1. The third kappa shape index (κ3) is 1.25. The van der Waals surface area contributed by atoms with Gasteiger partial charge in [0.25, 0.3) is 0 Å². The molecule has 76 valence electrons. The standard InChI is InChI=1S/C10H15N3S/c1-6(13-10-11-2-3-14-10)9-7-4-8(9)12-5-7/h2-3,6-9,12H,4-5H2,1H3,(H,11,13). The molecule has 0 aromatic carbocycles. The van der Waals surface area contributed by atoms with Gasteiger partial charge in [-0.15, -0.1) is 11.3 Å². The van der Waals surface area contributed by atoms with Gasteiger partial charge in [-0.05, 0) is 31.7 Å². The third-order valence-corrected chi connectivity index (χ3v) is 4.27. The van der Waals surface area contributed by atoms with Crippen LogP contribution in [0.3, 0.4) is 0 Å². The van der Waals surface area contributed by atoms with E-state index in [9.17, 15) is 0 Å². The van der Waals surface area contributed by atoms with Crippen LogP contribution in [0.15, 0.2) is 11.6 Å². The lowest BCUT2D eigenvalue weighted by Gasteiger charge is -2.39. The van der Waals surface area contributed by atoms with Crippen LogP contribution in [0.5, 0.6) is 0 Å². The molecule has 3 aliphatic rings. The van der Waals surface area contributed by atoms with Gasteiger partial charge in [0.05, 0.1) is 0 Å². The van der Waals surface area contributed by atoms with Crippen molar-refractivity contribution in [2.75, 3.05) is 11.9 Å². The minimum atomic E-state index is 0.555. The Balaban J connectivity index is 1.64. The van der Waals surface area contributed by atoms with Gasteiger partial charge in [0.2, 0.25) is 0 Å². The molecule has 1 aliphatic carbocycles. The number of hydrogen-bond donors (Lipinski definition) is 2. The summed E-state index contributed by atoms with van der Waals surface area (Å²) in [5.41, 5.74) is 0. The highest BCUT2D eigenvalue weighted by atomic mass is 32.1. The topological polar surface area (TPSA) is 37.0 Å². The summed E-state index contributed by atoms with van der Waals surface area (Å²) in [5.74, 6) is 1.72. The molecule has 2 aliphatic heterocycles. The molecule has 0 amide bonds. The van der Waals surface area contributed by atoms with E-state index in [-0.39, 0.29) is 0 Å². The molecule has 0 radical (unpaired) electrons. The number of anilines is 1. The predicted molar refractivity (Wildman–Crippen MR) is 58.6 cm³/mol. The Hall–Kier alpha value is -0.610. The van der Waals surface area contributed by atoms with Crippen molar-refractivity contribution in [2.24, 2.45) is 11.8 Å². The molecule has 2 bridgehead atoms. The fourth-order valence-corrected chi connectivity index (χ4v) is 3.48. The molecule has 0 spiro atoms. The van der Waals surface area contributed by atoms with E-state index in [0.717, 1.165) is 23.0 Å². The van der Waals surface area contributed by atoms with Gasteiger partial charge in [-0.1, -0.05) is 0 Å². The zero-order valence-electron chi connectivity index (χ0n) is 8.23. The van der Waals surface area contributed by atoms with Crippen molar-refractivity contribution in [3.05, 3.63) is 11.6 Å². The van der Waals surface area contributed by atoms with Crippen molar-refractivity contribution in [1.82, 2.24) is 10.3 Å². The Kier molecular flexibility index (Phi) is 1.99. The van der Waals surface area contributed by atoms with Crippen molar-refractivity contribution in [3.8, 4) is 0 Å². The van der Waals surface area contributed by atoms with E-state index < -0.39 is 0 Å². The fraction of sp³-hybridized carbons (Fsp3) is 0.700. The minimum Gasteiger partial charge on any atom is -0.359 e. The van der Waals surface area contributed by atoms with E-state index in [4.69, 9.17) is 0 Å². The van der Waals surface area contributed by atoms with Crippen LogP contribution in [0, 0.1) is 11.8 Å². The van der Waals surface area contributed by atoms with Crippen molar-refractivity contribution in [2.45, 2.75) is 25.4 Å². The first-order valence-corrected chi connectivity index (χ1v) is 6.12. The molecule has 4 unspecified atom stereocenters. The lowest BCUT2D eigenvalue weighted by atomic mass is 9.70. The second-order valence-corrected chi connectivity index (χ2v) is 5.25. The molecular formula is C10H15N3S. The Labute approximate surface area is 87.9 Å². The smallest absolute Gasteiger partial charge is 0.182 e. The Morgan fingerprint density at radius 2 is 2.64 bits per heavy atom. The highest BCUT2D eigenvalue weighted by Gasteiger charge is 2.49. The SMILES string of the molecule is CC(Nc1nccs1)C1C2CNC1C2. The lowest BCUT2D eigenvalue weighted by molar-refractivity contribution is 0.194. The van der Waals surface area contributed by atoms with E-state index in [2.05, 4.69) is 22.5 Å². The average Bonchev–Trinajstić information content (AvgIpc) is 2.77. The molecular weight excluding hydrogens is 194 g/mol. The summed E-state index contributed by atoms with van der Waals surface area (Å²) < 4.78 is 0. The summed E-state index contributed by atoms with van der Waals surface area (Å²) in [6.45, 7) is 3.50. The van der Waals surface area contributed by atoms with Crippen molar-refractivity contribution >= 4 is 16.5 Å². The van der Waals surface area contributed by atoms with Gasteiger partial charge in [-0.2, -0.15) is 0 Å². The van der Waals surface area contributed by atoms with Crippen LogP contribution in [-0.2, 0) is 0 Å². The number of nitrogens with one attached hydrogen (secondary N) is 2. The van der Waals surface area contributed by atoms with E-state index in [1.54, 1.807) is 11.3 Å². The van der Waals surface area contributed by atoms with Gasteiger partial charge in [0.1, 0.15) is 0 Å². The average molecular weight is 209 g/mol. The summed E-state index contributed by atoms with van der Waals surface area (Å²) in [5, 5.41) is 10.1. The zero-order chi connectivity index (χ0) is 9.54. The zero-order valence-corrected chi connectivity index (χ0v) is 9.05. The molecule has 14 heavy (non-hydrogen) atoms. The lowest BCUT2D eigenvalue weighted by Crippen LogP contribution is -2.46. The first kappa shape index (κ1) is 8.68. The maximum atomic E-state index is 4.25. The van der Waals surface area contributed by atoms with Gasteiger partial charge >= 0.3 is 0 Å². The Bertz CT molecular complexity index is 297. The van der Waals surface area contributed by atoms with E-state index in [0.29, 0.717) is 6.04 Å². The maximum absolute atomic E-state index is 4.25. The van der Waals surface area contributed by atoms with E-state index in [1.807, 2.05) is 11.6 Å². The molecule has 4 rings (SSSR count). The Morgan fingerprint density at radius 3 is 3.21 bits per heavy atom. The maximum Gasteiger partial charge on any atom is 0.182 e. The Morgan fingerprint density at radius 1 is 1.71 bits per heavy atom. The molecule has 1 saturated carbocycles. The van der Waals surface area contributed by atoms with Crippen LogP contribution >= 0.6 is 11.3 Å². The molecule has 2 saturated heterocycles. The van der Waals surface area contributed by atoms with Gasteiger partial charge in [0.15, 0.2) is 5.13 Å². The van der Waals surface area contributed by atoms with Crippen LogP contribution in [-0.4, -0.2) is 23.6 Å². The molecule has 3 nitrogen and oxygen atoms in total. The molecule has 2 N–H and O–H groups in total. The quantitative estimate of drug-likeness (QED) is 0.793. The number of rotatable bonds is 3. The molecule has 1 aromatic rings. The molecule has 3 fully saturated rings. The van der Waals surface area contributed by atoms with Gasteiger partial charge < -0.3 is 10.6 Å². The fourth-order valence-electron chi connectivity index (χ4n) is 2.86. The summed E-state index contributed by atoms with van der Waals surface area (Å²) in [6.07, 6.45) is 3.24. The van der Waals surface area contributed by atoms with Crippen molar-refractivity contribution < 1.29 is 0 Å². The van der Waals surface area contributed by atoms with Gasteiger partial charge in [0, 0.05) is 23.7 Å². The number of aromatic nitrogens is 1. The van der Waals surface area contributed by atoms with Crippen LogP contribution in [0.2, 0.25) is 0 Å². The van der Waals surface area contributed by atoms with Crippen molar-refractivity contribution in [1.29, 1.82) is 0 Å². The molecule has 1 aromatic heterocycles. The summed E-state index contributed by atoms with van der Waals surface area (Å²) in [6, 6.07) is 1.32. The largest absolute Gasteiger partial charge is 0.359 e. The minimum absolute atomic E-state index is 0.555. The number of hydrogen-bond acceptors (Lipinski definition) is 4. The highest BCUT2D eigenvalue weighted by Crippen LogP contribution is 2.42. The van der Waals surface area contributed by atoms with Gasteiger partial charge in [-0.3, -0.25) is 0 Å².